The van der Waals surface area contributed by atoms with Crippen molar-refractivity contribution in [3.05, 3.63) is 35.9 Å². The van der Waals surface area contributed by atoms with Gasteiger partial charge in [0.05, 0.1) is 0 Å². The summed E-state index contributed by atoms with van der Waals surface area (Å²) < 4.78 is 0.312. The highest BCUT2D eigenvalue weighted by Crippen LogP contribution is 2.50. The van der Waals surface area contributed by atoms with Gasteiger partial charge < -0.3 is 0 Å². The molecule has 1 aromatic carbocycles. The molecule has 0 amide bonds. The molecule has 3 unspecified atom stereocenters. The molecule has 3 heteroatoms. The minimum absolute atomic E-state index is 0.312. The van der Waals surface area contributed by atoms with Gasteiger partial charge >= 0.3 is 0 Å². The second kappa shape index (κ2) is 5.64. The monoisotopic (exact) mass is 264 g/mol. The lowest BCUT2D eigenvalue weighted by atomic mass is 10.1. The second-order valence-electron chi connectivity index (χ2n) is 6.11. The number of hydrogen-bond donors (Lipinski definition) is 2. The summed E-state index contributed by atoms with van der Waals surface area (Å²) in [7, 11) is 0. The third-order valence-corrected chi connectivity index (χ3v) is 4.89. The molecule has 0 bridgehead atoms. The molecule has 1 aliphatic rings. The molecule has 1 aliphatic carbocycles. The molecule has 18 heavy (non-hydrogen) atoms. The van der Waals surface area contributed by atoms with Gasteiger partial charge in [-0.05, 0) is 23.8 Å². The Bertz CT molecular complexity index is 372. The van der Waals surface area contributed by atoms with Crippen LogP contribution < -0.4 is 11.3 Å². The van der Waals surface area contributed by atoms with Gasteiger partial charge in [0.25, 0.3) is 0 Å². The third kappa shape index (κ3) is 3.74. The Labute approximate surface area is 115 Å². The van der Waals surface area contributed by atoms with Gasteiger partial charge in [0, 0.05) is 16.5 Å². The summed E-state index contributed by atoms with van der Waals surface area (Å²) in [6.45, 7) is 6.77. The van der Waals surface area contributed by atoms with E-state index in [2.05, 4.69) is 56.5 Å². The van der Waals surface area contributed by atoms with E-state index in [1.54, 1.807) is 0 Å². The second-order valence-corrected chi connectivity index (χ2v) is 7.96. The van der Waals surface area contributed by atoms with Crippen LogP contribution >= 0.6 is 11.8 Å². The van der Waals surface area contributed by atoms with Crippen molar-refractivity contribution in [2.45, 2.75) is 43.9 Å². The van der Waals surface area contributed by atoms with Gasteiger partial charge in [0.15, 0.2) is 0 Å². The van der Waals surface area contributed by atoms with Gasteiger partial charge in [-0.25, -0.2) is 0 Å². The van der Waals surface area contributed by atoms with Crippen LogP contribution in [0.15, 0.2) is 30.3 Å². The van der Waals surface area contributed by atoms with Crippen molar-refractivity contribution >= 4 is 11.8 Å². The predicted octanol–water partition coefficient (Wildman–Crippen LogP) is 3.15. The lowest BCUT2D eigenvalue weighted by molar-refractivity contribution is 0.509. The average Bonchev–Trinajstić information content (AvgIpc) is 3.10. The van der Waals surface area contributed by atoms with Crippen molar-refractivity contribution in [3.63, 3.8) is 0 Å². The van der Waals surface area contributed by atoms with Crippen LogP contribution in [0, 0.1) is 5.92 Å². The molecule has 0 aliphatic heterocycles. The summed E-state index contributed by atoms with van der Waals surface area (Å²) in [5.41, 5.74) is 4.48. The van der Waals surface area contributed by atoms with Crippen molar-refractivity contribution in [1.29, 1.82) is 0 Å². The molecule has 2 nitrogen and oxygen atoms in total. The van der Waals surface area contributed by atoms with Gasteiger partial charge in [-0.15, -0.1) is 0 Å². The first-order valence-corrected chi connectivity index (χ1v) is 7.65. The minimum atomic E-state index is 0.312. The standard InChI is InChI=1S/C15H24N2S/c1-15(2,3)18-10-14(17-16)13-9-12(13)11-7-5-4-6-8-11/h4-8,12-14,17H,9-10,16H2,1-3H3. The highest BCUT2D eigenvalue weighted by Gasteiger charge is 2.43. The van der Waals surface area contributed by atoms with E-state index < -0.39 is 0 Å². The molecule has 1 aromatic rings. The van der Waals surface area contributed by atoms with E-state index in [1.165, 1.54) is 12.0 Å². The minimum Gasteiger partial charge on any atom is -0.271 e. The fraction of sp³-hybridized carbons (Fsp3) is 0.600. The summed E-state index contributed by atoms with van der Waals surface area (Å²) >= 11 is 1.99. The molecule has 0 spiro atoms. The van der Waals surface area contributed by atoms with Crippen LogP contribution in [0.4, 0.5) is 0 Å². The lowest BCUT2D eigenvalue weighted by Gasteiger charge is -2.22. The summed E-state index contributed by atoms with van der Waals surface area (Å²) in [5, 5.41) is 0. The Balaban J connectivity index is 1.88. The Morgan fingerprint density at radius 1 is 1.33 bits per heavy atom. The molecular weight excluding hydrogens is 240 g/mol. The number of thioether (sulfide) groups is 1. The summed E-state index contributed by atoms with van der Waals surface area (Å²) in [6, 6.07) is 11.2. The van der Waals surface area contributed by atoms with E-state index >= 15 is 0 Å². The number of nitrogens with two attached hydrogens (primary N) is 1. The molecule has 1 saturated carbocycles. The predicted molar refractivity (Wildman–Crippen MR) is 80.6 cm³/mol. The number of nitrogens with one attached hydrogen (secondary N) is 1. The van der Waals surface area contributed by atoms with Gasteiger partial charge in [-0.2, -0.15) is 11.8 Å². The smallest absolute Gasteiger partial charge is 0.0335 e. The number of hydrazine groups is 1. The van der Waals surface area contributed by atoms with E-state index in [4.69, 9.17) is 5.84 Å². The fourth-order valence-electron chi connectivity index (χ4n) is 2.38. The maximum Gasteiger partial charge on any atom is 0.0335 e. The Hall–Kier alpha value is -0.510. The van der Waals surface area contributed by atoms with Crippen molar-refractivity contribution in [2.75, 3.05) is 5.75 Å². The van der Waals surface area contributed by atoms with Crippen LogP contribution in [0.25, 0.3) is 0 Å². The number of rotatable bonds is 5. The molecule has 100 valence electrons. The summed E-state index contributed by atoms with van der Waals surface area (Å²) in [5.74, 6) is 8.21. The summed E-state index contributed by atoms with van der Waals surface area (Å²) in [4.78, 5) is 0. The fourth-order valence-corrected chi connectivity index (χ4v) is 3.40. The van der Waals surface area contributed by atoms with Crippen molar-refractivity contribution in [1.82, 2.24) is 5.43 Å². The van der Waals surface area contributed by atoms with Gasteiger partial charge in [0.2, 0.25) is 0 Å². The molecule has 1 fully saturated rings. The van der Waals surface area contributed by atoms with Gasteiger partial charge in [-0.3, -0.25) is 11.3 Å². The van der Waals surface area contributed by atoms with Crippen LogP contribution in [0.5, 0.6) is 0 Å². The first kappa shape index (κ1) is 13.9. The zero-order valence-corrected chi connectivity index (χ0v) is 12.3. The van der Waals surface area contributed by atoms with E-state index in [0.29, 0.717) is 22.6 Å². The topological polar surface area (TPSA) is 38.0 Å². The third-order valence-electron chi connectivity index (χ3n) is 3.49. The summed E-state index contributed by atoms with van der Waals surface area (Å²) in [6.07, 6.45) is 1.27. The van der Waals surface area contributed by atoms with E-state index in [1.807, 2.05) is 11.8 Å². The van der Waals surface area contributed by atoms with Crippen LogP contribution in [-0.4, -0.2) is 16.5 Å². The zero-order chi connectivity index (χ0) is 13.2. The molecule has 0 saturated heterocycles. The highest BCUT2D eigenvalue weighted by molar-refractivity contribution is 8.00. The van der Waals surface area contributed by atoms with Crippen molar-refractivity contribution in [2.24, 2.45) is 11.8 Å². The quantitative estimate of drug-likeness (QED) is 0.634. The van der Waals surface area contributed by atoms with Gasteiger partial charge in [-0.1, -0.05) is 51.1 Å². The van der Waals surface area contributed by atoms with Crippen LogP contribution in [0.2, 0.25) is 0 Å². The van der Waals surface area contributed by atoms with Crippen LogP contribution in [0.1, 0.15) is 38.7 Å². The van der Waals surface area contributed by atoms with E-state index in [9.17, 15) is 0 Å². The lowest BCUT2D eigenvalue weighted by Crippen LogP contribution is -2.40. The first-order valence-electron chi connectivity index (χ1n) is 6.66. The van der Waals surface area contributed by atoms with E-state index in [0.717, 1.165) is 5.75 Å². The maximum absolute atomic E-state index is 5.72. The molecule has 0 aromatic heterocycles. The van der Waals surface area contributed by atoms with Crippen molar-refractivity contribution < 1.29 is 0 Å². The largest absolute Gasteiger partial charge is 0.271 e. The first-order chi connectivity index (χ1) is 8.51. The molecule has 0 radical (unpaired) electrons. The molecule has 0 heterocycles. The van der Waals surface area contributed by atoms with Crippen molar-refractivity contribution in [3.8, 4) is 0 Å². The Morgan fingerprint density at radius 3 is 2.56 bits per heavy atom. The Morgan fingerprint density at radius 2 is 2.00 bits per heavy atom. The molecule has 2 rings (SSSR count). The zero-order valence-electron chi connectivity index (χ0n) is 11.5. The normalized spacial score (nSPS) is 24.9. The SMILES string of the molecule is CC(C)(C)SCC(NN)C1CC1c1ccccc1. The van der Waals surface area contributed by atoms with E-state index in [-0.39, 0.29) is 0 Å². The van der Waals surface area contributed by atoms with Crippen LogP contribution in [-0.2, 0) is 0 Å². The molecule has 3 N–H and O–H groups in total. The Kier molecular flexibility index (Phi) is 4.36. The molecule has 3 atom stereocenters. The highest BCUT2D eigenvalue weighted by atomic mass is 32.2. The number of benzene rings is 1. The van der Waals surface area contributed by atoms with Gasteiger partial charge in [0.1, 0.15) is 0 Å². The van der Waals surface area contributed by atoms with Crippen LogP contribution in [0.3, 0.4) is 0 Å². The molecular formula is C15H24N2S. The maximum atomic E-state index is 5.72. The average molecular weight is 264 g/mol. The number of hydrogen-bond acceptors (Lipinski definition) is 3.